The summed E-state index contributed by atoms with van der Waals surface area (Å²) < 4.78 is 14.9. The molecule has 0 spiro atoms. The van der Waals surface area contributed by atoms with Crippen LogP contribution in [0.4, 0.5) is 15.3 Å². The molecule has 0 atom stereocenters. The van der Waals surface area contributed by atoms with Gasteiger partial charge in [0.15, 0.2) is 0 Å². The zero-order valence-electron chi connectivity index (χ0n) is 11.3. The van der Waals surface area contributed by atoms with E-state index in [1.807, 2.05) is 25.1 Å². The van der Waals surface area contributed by atoms with Crippen LogP contribution in [0.15, 0.2) is 30.3 Å². The Balaban J connectivity index is 1.84. The number of anilines is 1. The van der Waals surface area contributed by atoms with Crippen LogP contribution in [0.25, 0.3) is 0 Å². The zero-order valence-corrected chi connectivity index (χ0v) is 11.3. The van der Waals surface area contributed by atoms with E-state index in [1.54, 1.807) is 12.1 Å². The van der Waals surface area contributed by atoms with Crippen molar-refractivity contribution in [3.63, 3.8) is 0 Å². The van der Waals surface area contributed by atoms with Gasteiger partial charge in [-0.2, -0.15) is 0 Å². The molecule has 6 nitrogen and oxygen atoms in total. The van der Waals surface area contributed by atoms with Crippen molar-refractivity contribution in [2.75, 3.05) is 25.1 Å². The number of para-hydroxylation sites is 1. The van der Waals surface area contributed by atoms with Crippen LogP contribution >= 0.6 is 0 Å². The molecule has 1 amide bonds. The average molecular weight is 279 g/mol. The van der Waals surface area contributed by atoms with Crippen LogP contribution in [0.1, 0.15) is 13.3 Å². The van der Waals surface area contributed by atoms with E-state index in [9.17, 15) is 9.59 Å². The van der Waals surface area contributed by atoms with E-state index in [4.69, 9.17) is 14.2 Å². The van der Waals surface area contributed by atoms with Crippen molar-refractivity contribution >= 4 is 17.9 Å². The standard InChI is InChI=1S/C14H17NO5/c1-2-14(9-19-13(17)20-10-14)8-18-12(16)15-11-6-4-3-5-7-11/h3-7H,2,8-10H2,1H3,(H,15,16). The Morgan fingerprint density at radius 1 is 1.30 bits per heavy atom. The van der Waals surface area contributed by atoms with Crippen LogP contribution in [0, 0.1) is 5.41 Å². The number of hydrogen-bond acceptors (Lipinski definition) is 5. The molecular weight excluding hydrogens is 262 g/mol. The zero-order chi connectivity index (χ0) is 14.4. The third-order valence-electron chi connectivity index (χ3n) is 3.27. The van der Waals surface area contributed by atoms with Crippen LogP contribution in [-0.2, 0) is 14.2 Å². The monoisotopic (exact) mass is 279 g/mol. The first-order valence-electron chi connectivity index (χ1n) is 6.42. The Hall–Kier alpha value is -2.24. The maximum absolute atomic E-state index is 11.7. The predicted octanol–water partition coefficient (Wildman–Crippen LogP) is 2.80. The molecule has 0 saturated carbocycles. The van der Waals surface area contributed by atoms with E-state index in [0.717, 1.165) is 0 Å². The van der Waals surface area contributed by atoms with E-state index in [2.05, 4.69) is 5.32 Å². The van der Waals surface area contributed by atoms with Crippen LogP contribution in [0.5, 0.6) is 0 Å². The fourth-order valence-electron chi connectivity index (χ4n) is 1.79. The molecule has 2 rings (SSSR count). The minimum absolute atomic E-state index is 0.134. The van der Waals surface area contributed by atoms with Crippen molar-refractivity contribution in [2.45, 2.75) is 13.3 Å². The van der Waals surface area contributed by atoms with Gasteiger partial charge in [-0.25, -0.2) is 9.59 Å². The molecule has 0 radical (unpaired) electrons. The fraction of sp³-hybridized carbons (Fsp3) is 0.429. The molecule has 20 heavy (non-hydrogen) atoms. The van der Waals surface area contributed by atoms with Crippen molar-refractivity contribution in [2.24, 2.45) is 5.41 Å². The van der Waals surface area contributed by atoms with Gasteiger partial charge in [0.2, 0.25) is 0 Å². The van der Waals surface area contributed by atoms with Gasteiger partial charge in [0.25, 0.3) is 0 Å². The summed E-state index contributed by atoms with van der Waals surface area (Å²) >= 11 is 0. The summed E-state index contributed by atoms with van der Waals surface area (Å²) in [5.41, 5.74) is 0.191. The van der Waals surface area contributed by atoms with E-state index in [0.29, 0.717) is 12.1 Å². The first-order valence-corrected chi connectivity index (χ1v) is 6.42. The van der Waals surface area contributed by atoms with Crippen molar-refractivity contribution in [3.8, 4) is 0 Å². The first kappa shape index (κ1) is 14.2. The van der Waals surface area contributed by atoms with E-state index >= 15 is 0 Å². The third-order valence-corrected chi connectivity index (χ3v) is 3.27. The molecule has 1 aromatic rings. The highest BCUT2D eigenvalue weighted by Gasteiger charge is 2.37. The Bertz CT molecular complexity index is 464. The smallest absolute Gasteiger partial charge is 0.448 e. The van der Waals surface area contributed by atoms with Gasteiger partial charge in [0.1, 0.15) is 19.8 Å². The largest absolute Gasteiger partial charge is 0.508 e. The minimum atomic E-state index is -0.678. The van der Waals surface area contributed by atoms with Crippen LogP contribution < -0.4 is 5.32 Å². The van der Waals surface area contributed by atoms with Gasteiger partial charge in [-0.3, -0.25) is 5.32 Å². The second-order valence-electron chi connectivity index (χ2n) is 4.75. The number of ether oxygens (including phenoxy) is 3. The van der Waals surface area contributed by atoms with Gasteiger partial charge >= 0.3 is 12.2 Å². The highest BCUT2D eigenvalue weighted by atomic mass is 16.7. The quantitative estimate of drug-likeness (QED) is 0.858. The molecule has 1 saturated heterocycles. The van der Waals surface area contributed by atoms with Crippen molar-refractivity contribution in [3.05, 3.63) is 30.3 Å². The fourth-order valence-corrected chi connectivity index (χ4v) is 1.79. The summed E-state index contributed by atoms with van der Waals surface area (Å²) in [5.74, 6) is 0. The highest BCUT2D eigenvalue weighted by molar-refractivity contribution is 5.84. The van der Waals surface area contributed by atoms with Gasteiger partial charge in [-0.05, 0) is 18.6 Å². The molecule has 0 bridgehead atoms. The summed E-state index contributed by atoms with van der Waals surface area (Å²) in [6, 6.07) is 9.02. The van der Waals surface area contributed by atoms with Gasteiger partial charge in [0, 0.05) is 5.69 Å². The summed E-state index contributed by atoms with van der Waals surface area (Å²) in [4.78, 5) is 22.6. The minimum Gasteiger partial charge on any atom is -0.448 e. The van der Waals surface area contributed by atoms with E-state index < -0.39 is 17.7 Å². The highest BCUT2D eigenvalue weighted by Crippen LogP contribution is 2.27. The molecule has 0 aliphatic carbocycles. The Kier molecular flexibility index (Phi) is 4.45. The maximum Gasteiger partial charge on any atom is 0.508 e. The molecule has 1 fully saturated rings. The second-order valence-corrected chi connectivity index (χ2v) is 4.75. The number of carbonyl (C=O) groups is 2. The summed E-state index contributed by atoms with van der Waals surface area (Å²) in [7, 11) is 0. The normalized spacial score (nSPS) is 16.8. The molecule has 0 aromatic heterocycles. The molecule has 6 heteroatoms. The number of hydrogen-bond donors (Lipinski definition) is 1. The molecule has 108 valence electrons. The molecule has 1 aliphatic heterocycles. The van der Waals surface area contributed by atoms with E-state index in [-0.39, 0.29) is 19.8 Å². The van der Waals surface area contributed by atoms with E-state index in [1.165, 1.54) is 0 Å². The molecule has 1 aromatic carbocycles. The molecule has 1 N–H and O–H groups in total. The lowest BCUT2D eigenvalue weighted by Crippen LogP contribution is -2.43. The van der Waals surface area contributed by atoms with Gasteiger partial charge in [0.05, 0.1) is 5.41 Å². The van der Waals surface area contributed by atoms with Crippen molar-refractivity contribution in [1.82, 2.24) is 0 Å². The molecular formula is C14H17NO5. The number of cyclic esters (lactones) is 2. The Labute approximate surface area is 117 Å². The number of amides is 1. The molecule has 1 aliphatic rings. The number of benzene rings is 1. The Morgan fingerprint density at radius 3 is 2.55 bits per heavy atom. The Morgan fingerprint density at radius 2 is 1.95 bits per heavy atom. The average Bonchev–Trinajstić information content (AvgIpc) is 2.48. The third kappa shape index (κ3) is 3.63. The lowest BCUT2D eigenvalue weighted by Gasteiger charge is -2.33. The topological polar surface area (TPSA) is 73.9 Å². The number of nitrogens with one attached hydrogen (secondary N) is 1. The SMILES string of the molecule is CCC1(COC(=O)Nc2ccccc2)COC(=O)OC1. The van der Waals surface area contributed by atoms with Crippen molar-refractivity contribution in [1.29, 1.82) is 0 Å². The van der Waals surface area contributed by atoms with Crippen molar-refractivity contribution < 1.29 is 23.8 Å². The lowest BCUT2D eigenvalue weighted by molar-refractivity contribution is -0.0822. The first-order chi connectivity index (χ1) is 9.63. The second kappa shape index (κ2) is 6.27. The maximum atomic E-state index is 11.7. The number of rotatable bonds is 4. The molecule has 1 heterocycles. The van der Waals surface area contributed by atoms with Gasteiger partial charge in [-0.15, -0.1) is 0 Å². The van der Waals surface area contributed by atoms with Gasteiger partial charge < -0.3 is 14.2 Å². The van der Waals surface area contributed by atoms with Crippen LogP contribution in [-0.4, -0.2) is 32.1 Å². The molecule has 0 unspecified atom stereocenters. The lowest BCUT2D eigenvalue weighted by atomic mass is 9.87. The summed E-state index contributed by atoms with van der Waals surface area (Å²) in [6.45, 7) is 2.46. The van der Waals surface area contributed by atoms with Crippen LogP contribution in [0.3, 0.4) is 0 Å². The summed E-state index contributed by atoms with van der Waals surface area (Å²) in [5, 5.41) is 2.62. The predicted molar refractivity (Wildman–Crippen MR) is 71.4 cm³/mol. The summed E-state index contributed by atoms with van der Waals surface area (Å²) in [6.07, 6.45) is -0.539. The van der Waals surface area contributed by atoms with Gasteiger partial charge in [-0.1, -0.05) is 25.1 Å². The number of carbonyl (C=O) groups excluding carboxylic acids is 2. The van der Waals surface area contributed by atoms with Crippen LogP contribution in [0.2, 0.25) is 0 Å².